The number of ether oxygens (including phenoxy) is 1. The molecule has 60 valence electrons. The van der Waals surface area contributed by atoms with Gasteiger partial charge in [0.05, 0.1) is 6.61 Å². The van der Waals surface area contributed by atoms with Crippen molar-refractivity contribution in [2.75, 3.05) is 20.3 Å². The quantitative estimate of drug-likeness (QED) is 0.623. The molecule has 10 heavy (non-hydrogen) atoms. The topological polar surface area (TPSA) is 21.3 Å². The summed E-state index contributed by atoms with van der Waals surface area (Å²) in [5.74, 6) is 0. The fourth-order valence-electron chi connectivity index (χ4n) is 1.55. The highest BCUT2D eigenvalue weighted by molar-refractivity contribution is 4.87. The normalized spacial score (nSPS) is 30.9. The molecule has 0 bridgehead atoms. The van der Waals surface area contributed by atoms with Crippen LogP contribution >= 0.6 is 0 Å². The maximum atomic E-state index is 5.06. The van der Waals surface area contributed by atoms with E-state index in [0.717, 1.165) is 13.2 Å². The molecule has 1 heterocycles. The summed E-state index contributed by atoms with van der Waals surface area (Å²) in [6.07, 6.45) is 1.24. The lowest BCUT2D eigenvalue weighted by atomic mass is 9.91. The average molecular weight is 143 g/mol. The summed E-state index contributed by atoms with van der Waals surface area (Å²) in [7, 11) is 1.76. The second-order valence-electron chi connectivity index (χ2n) is 3.90. The molecule has 1 aliphatic heterocycles. The van der Waals surface area contributed by atoms with Crippen LogP contribution in [0, 0.1) is 5.41 Å². The first-order valence-corrected chi connectivity index (χ1v) is 3.86. The zero-order chi connectivity index (χ0) is 7.61. The molecule has 0 aromatic heterocycles. The molecule has 0 amide bonds. The van der Waals surface area contributed by atoms with Crippen molar-refractivity contribution in [1.29, 1.82) is 0 Å². The largest absolute Gasteiger partial charge is 0.383 e. The molecule has 0 radical (unpaired) electrons. The first kappa shape index (κ1) is 8.02. The Morgan fingerprint density at radius 2 is 2.30 bits per heavy atom. The third kappa shape index (κ3) is 1.96. The van der Waals surface area contributed by atoms with E-state index in [0.29, 0.717) is 11.5 Å². The maximum Gasteiger partial charge on any atom is 0.0616 e. The molecule has 2 nitrogen and oxygen atoms in total. The molecule has 1 N–H and O–H groups in total. The Morgan fingerprint density at radius 3 is 2.70 bits per heavy atom. The molecule has 0 aliphatic carbocycles. The molecule has 0 aromatic rings. The smallest absolute Gasteiger partial charge is 0.0616 e. The van der Waals surface area contributed by atoms with E-state index in [-0.39, 0.29) is 0 Å². The van der Waals surface area contributed by atoms with Crippen LogP contribution in [-0.4, -0.2) is 26.3 Å². The van der Waals surface area contributed by atoms with Gasteiger partial charge in [0.1, 0.15) is 0 Å². The zero-order valence-corrected chi connectivity index (χ0v) is 7.11. The Bertz CT molecular complexity index is 112. The van der Waals surface area contributed by atoms with E-state index >= 15 is 0 Å². The van der Waals surface area contributed by atoms with Crippen molar-refractivity contribution < 1.29 is 4.74 Å². The number of hydrogen-bond acceptors (Lipinski definition) is 2. The van der Waals surface area contributed by atoms with Gasteiger partial charge in [0.2, 0.25) is 0 Å². The highest BCUT2D eigenvalue weighted by atomic mass is 16.5. The lowest BCUT2D eigenvalue weighted by molar-refractivity contribution is 0.170. The van der Waals surface area contributed by atoms with Gasteiger partial charge in [-0.05, 0) is 11.8 Å². The van der Waals surface area contributed by atoms with Gasteiger partial charge in [0.25, 0.3) is 0 Å². The van der Waals surface area contributed by atoms with Crippen LogP contribution in [0.5, 0.6) is 0 Å². The van der Waals surface area contributed by atoms with Crippen molar-refractivity contribution in [3.63, 3.8) is 0 Å². The lowest BCUT2D eigenvalue weighted by Gasteiger charge is -2.14. The van der Waals surface area contributed by atoms with E-state index < -0.39 is 0 Å². The molecule has 1 rings (SSSR count). The first-order valence-electron chi connectivity index (χ1n) is 3.86. The predicted octanol–water partition coefficient (Wildman–Crippen LogP) is 1.02. The van der Waals surface area contributed by atoms with Crippen LogP contribution in [0.3, 0.4) is 0 Å². The highest BCUT2D eigenvalue weighted by Crippen LogP contribution is 2.26. The van der Waals surface area contributed by atoms with Crippen molar-refractivity contribution in [2.45, 2.75) is 26.3 Å². The molecule has 1 saturated heterocycles. The fourth-order valence-corrected chi connectivity index (χ4v) is 1.55. The summed E-state index contributed by atoms with van der Waals surface area (Å²) in [5.41, 5.74) is 0.475. The lowest BCUT2D eigenvalue weighted by Crippen LogP contribution is -2.25. The SMILES string of the molecule is COC[C@H]1CC(C)(C)CN1. The monoisotopic (exact) mass is 143 g/mol. The van der Waals surface area contributed by atoms with Gasteiger partial charge in [0, 0.05) is 19.7 Å². The molecule has 1 fully saturated rings. The van der Waals surface area contributed by atoms with Gasteiger partial charge in [-0.15, -0.1) is 0 Å². The second kappa shape index (κ2) is 2.89. The van der Waals surface area contributed by atoms with Crippen molar-refractivity contribution in [3.05, 3.63) is 0 Å². The molecular formula is C8H17NO. The minimum Gasteiger partial charge on any atom is -0.383 e. The van der Waals surface area contributed by atoms with Crippen LogP contribution in [-0.2, 0) is 4.74 Å². The average Bonchev–Trinajstić information content (AvgIpc) is 2.12. The van der Waals surface area contributed by atoms with Crippen molar-refractivity contribution >= 4 is 0 Å². The van der Waals surface area contributed by atoms with Gasteiger partial charge in [0.15, 0.2) is 0 Å². The first-order chi connectivity index (χ1) is 4.64. The van der Waals surface area contributed by atoms with Crippen LogP contribution in [0.2, 0.25) is 0 Å². The predicted molar refractivity (Wildman–Crippen MR) is 42.1 cm³/mol. The number of methoxy groups -OCH3 is 1. The summed E-state index contributed by atoms with van der Waals surface area (Å²) in [6, 6.07) is 0.583. The molecule has 0 saturated carbocycles. The van der Waals surface area contributed by atoms with Crippen LogP contribution in [0.25, 0.3) is 0 Å². The van der Waals surface area contributed by atoms with Gasteiger partial charge < -0.3 is 10.1 Å². The van der Waals surface area contributed by atoms with Crippen LogP contribution in [0.15, 0.2) is 0 Å². The zero-order valence-electron chi connectivity index (χ0n) is 7.11. The summed E-state index contributed by atoms with van der Waals surface area (Å²) >= 11 is 0. The minimum atomic E-state index is 0.475. The molecule has 0 aromatic carbocycles. The Hall–Kier alpha value is -0.0800. The van der Waals surface area contributed by atoms with Crippen LogP contribution in [0.4, 0.5) is 0 Å². The van der Waals surface area contributed by atoms with E-state index in [4.69, 9.17) is 4.74 Å². The summed E-state index contributed by atoms with van der Waals surface area (Å²) in [5, 5.41) is 3.42. The van der Waals surface area contributed by atoms with Crippen molar-refractivity contribution in [1.82, 2.24) is 5.32 Å². The maximum absolute atomic E-state index is 5.06. The fraction of sp³-hybridized carbons (Fsp3) is 1.00. The molecule has 1 aliphatic rings. The summed E-state index contributed by atoms with van der Waals surface area (Å²) in [6.45, 7) is 6.55. The van der Waals surface area contributed by atoms with Crippen LogP contribution < -0.4 is 5.32 Å². The molecular weight excluding hydrogens is 126 g/mol. The molecule has 0 spiro atoms. The highest BCUT2D eigenvalue weighted by Gasteiger charge is 2.29. The van der Waals surface area contributed by atoms with Crippen molar-refractivity contribution in [3.8, 4) is 0 Å². The Morgan fingerprint density at radius 1 is 1.60 bits per heavy atom. The third-order valence-corrected chi connectivity index (χ3v) is 2.04. The Kier molecular flexibility index (Phi) is 2.32. The Balaban J connectivity index is 2.29. The number of rotatable bonds is 2. The number of hydrogen-bond donors (Lipinski definition) is 1. The van der Waals surface area contributed by atoms with E-state index in [9.17, 15) is 0 Å². The van der Waals surface area contributed by atoms with Gasteiger partial charge in [-0.3, -0.25) is 0 Å². The minimum absolute atomic E-state index is 0.475. The summed E-state index contributed by atoms with van der Waals surface area (Å²) in [4.78, 5) is 0. The third-order valence-electron chi connectivity index (χ3n) is 2.04. The van der Waals surface area contributed by atoms with E-state index in [1.165, 1.54) is 6.42 Å². The van der Waals surface area contributed by atoms with Gasteiger partial charge in [-0.2, -0.15) is 0 Å². The summed E-state index contributed by atoms with van der Waals surface area (Å²) < 4.78 is 5.06. The van der Waals surface area contributed by atoms with Gasteiger partial charge in [-0.25, -0.2) is 0 Å². The molecule has 0 unspecified atom stereocenters. The standard InChI is InChI=1S/C8H17NO/c1-8(2)4-7(5-10-3)9-6-8/h7,9H,4-6H2,1-3H3/t7-/m1/s1. The molecule has 1 atom stereocenters. The van der Waals surface area contributed by atoms with Crippen molar-refractivity contribution in [2.24, 2.45) is 5.41 Å². The molecule has 2 heteroatoms. The van der Waals surface area contributed by atoms with E-state index in [2.05, 4.69) is 19.2 Å². The second-order valence-corrected chi connectivity index (χ2v) is 3.90. The van der Waals surface area contributed by atoms with Crippen LogP contribution in [0.1, 0.15) is 20.3 Å². The van der Waals surface area contributed by atoms with Gasteiger partial charge in [-0.1, -0.05) is 13.8 Å². The Labute approximate surface area is 63.0 Å². The van der Waals surface area contributed by atoms with Gasteiger partial charge >= 0.3 is 0 Å². The number of nitrogens with one attached hydrogen (secondary N) is 1. The van der Waals surface area contributed by atoms with E-state index in [1.807, 2.05) is 0 Å². The van der Waals surface area contributed by atoms with E-state index in [1.54, 1.807) is 7.11 Å².